The van der Waals surface area contributed by atoms with Gasteiger partial charge in [-0.3, -0.25) is 9.79 Å². The number of anilines is 1. The van der Waals surface area contributed by atoms with Crippen LogP contribution >= 0.6 is 0 Å². The van der Waals surface area contributed by atoms with E-state index in [-0.39, 0.29) is 11.4 Å². The van der Waals surface area contributed by atoms with Crippen molar-refractivity contribution in [1.82, 2.24) is 0 Å². The maximum atomic E-state index is 11.8. The fraction of sp³-hybridized carbons (Fsp3) is 0.176. The highest BCUT2D eigenvalue weighted by atomic mass is 16.5. The van der Waals surface area contributed by atoms with Crippen LogP contribution in [0.15, 0.2) is 53.5 Å². The lowest BCUT2D eigenvalue weighted by atomic mass is 10.3. The van der Waals surface area contributed by atoms with Crippen LogP contribution < -0.4 is 15.2 Å². The van der Waals surface area contributed by atoms with Gasteiger partial charge in [0.25, 0.3) is 5.91 Å². The standard InChI is InChI=1S/C17H18N2O3/c1-2-10-22-14-8-9-15(16(20)11-14)18-12-17(21)19-13-6-4-3-5-7-13/h3-9,11-12,20H,2,10H2,1H3,(H,19,21)/p-1. The molecule has 5 nitrogen and oxygen atoms in total. The summed E-state index contributed by atoms with van der Waals surface area (Å²) >= 11 is 0. The molecule has 0 aliphatic rings. The first-order valence-corrected chi connectivity index (χ1v) is 7.03. The van der Waals surface area contributed by atoms with E-state index in [1.807, 2.05) is 25.1 Å². The maximum Gasteiger partial charge on any atom is 0.266 e. The Balaban J connectivity index is 1.99. The Morgan fingerprint density at radius 1 is 1.27 bits per heavy atom. The number of amides is 1. The SMILES string of the molecule is CCCOc1ccc(N=CC(=O)Nc2ccccc2)c([O-])c1. The molecule has 22 heavy (non-hydrogen) atoms. The molecule has 114 valence electrons. The van der Waals surface area contributed by atoms with E-state index in [2.05, 4.69) is 10.3 Å². The van der Waals surface area contributed by atoms with Gasteiger partial charge in [0, 0.05) is 5.69 Å². The van der Waals surface area contributed by atoms with Crippen LogP contribution in [0.5, 0.6) is 11.5 Å². The average molecular weight is 297 g/mol. The number of ether oxygens (including phenoxy) is 1. The molecule has 0 unspecified atom stereocenters. The second kappa shape index (κ2) is 7.83. The molecular formula is C17H17N2O3-. The summed E-state index contributed by atoms with van der Waals surface area (Å²) < 4.78 is 5.36. The molecule has 5 heteroatoms. The zero-order chi connectivity index (χ0) is 15.8. The molecule has 0 heterocycles. The molecule has 2 aromatic rings. The molecule has 1 amide bonds. The third kappa shape index (κ3) is 4.63. The fourth-order valence-corrected chi connectivity index (χ4v) is 1.73. The van der Waals surface area contributed by atoms with Gasteiger partial charge in [0.05, 0.1) is 18.5 Å². The van der Waals surface area contributed by atoms with E-state index in [0.29, 0.717) is 18.0 Å². The van der Waals surface area contributed by atoms with Crippen molar-refractivity contribution in [2.75, 3.05) is 11.9 Å². The van der Waals surface area contributed by atoms with Crippen LogP contribution in [0.25, 0.3) is 0 Å². The van der Waals surface area contributed by atoms with Crippen molar-refractivity contribution < 1.29 is 14.6 Å². The van der Waals surface area contributed by atoms with Gasteiger partial charge in [-0.2, -0.15) is 0 Å². The third-order valence-electron chi connectivity index (χ3n) is 2.77. The number of carbonyl (C=O) groups excluding carboxylic acids is 1. The minimum Gasteiger partial charge on any atom is -0.871 e. The van der Waals surface area contributed by atoms with Gasteiger partial charge in [-0.1, -0.05) is 30.9 Å². The first-order valence-electron chi connectivity index (χ1n) is 7.03. The van der Waals surface area contributed by atoms with Crippen LogP contribution in [-0.4, -0.2) is 18.7 Å². The van der Waals surface area contributed by atoms with E-state index in [0.717, 1.165) is 12.6 Å². The van der Waals surface area contributed by atoms with Crippen LogP contribution in [-0.2, 0) is 4.79 Å². The number of aliphatic imine (C=N–C) groups is 1. The molecule has 0 aromatic heterocycles. The van der Waals surface area contributed by atoms with Gasteiger partial charge in [-0.15, -0.1) is 0 Å². The summed E-state index contributed by atoms with van der Waals surface area (Å²) in [5.41, 5.74) is 0.872. The topological polar surface area (TPSA) is 73.8 Å². The summed E-state index contributed by atoms with van der Waals surface area (Å²) in [6, 6.07) is 13.6. The summed E-state index contributed by atoms with van der Waals surface area (Å²) in [7, 11) is 0. The molecule has 0 fully saturated rings. The number of para-hydroxylation sites is 1. The molecule has 0 aliphatic carbocycles. The minimum absolute atomic E-state index is 0.201. The summed E-state index contributed by atoms with van der Waals surface area (Å²) in [5, 5.41) is 14.5. The lowest BCUT2D eigenvalue weighted by molar-refractivity contribution is -0.267. The highest BCUT2D eigenvalue weighted by molar-refractivity contribution is 6.32. The predicted octanol–water partition coefficient (Wildman–Crippen LogP) is 2.89. The van der Waals surface area contributed by atoms with Gasteiger partial charge in [-0.05, 0) is 36.8 Å². The number of carbonyl (C=O) groups is 1. The van der Waals surface area contributed by atoms with Gasteiger partial charge < -0.3 is 15.2 Å². The molecule has 0 saturated heterocycles. The predicted molar refractivity (Wildman–Crippen MR) is 84.9 cm³/mol. The van der Waals surface area contributed by atoms with E-state index in [1.165, 1.54) is 6.07 Å². The second-order valence-corrected chi connectivity index (χ2v) is 4.59. The zero-order valence-electron chi connectivity index (χ0n) is 12.3. The highest BCUT2D eigenvalue weighted by Gasteiger charge is 1.99. The Bertz CT molecular complexity index is 654. The monoisotopic (exact) mass is 297 g/mol. The van der Waals surface area contributed by atoms with E-state index in [9.17, 15) is 9.90 Å². The van der Waals surface area contributed by atoms with Crippen LogP contribution in [0.3, 0.4) is 0 Å². The van der Waals surface area contributed by atoms with Crippen molar-refractivity contribution in [1.29, 1.82) is 0 Å². The summed E-state index contributed by atoms with van der Waals surface area (Å²) in [4.78, 5) is 15.6. The summed E-state index contributed by atoms with van der Waals surface area (Å²) in [6.45, 7) is 2.55. The Kier molecular flexibility index (Phi) is 5.54. The molecule has 1 N–H and O–H groups in total. The van der Waals surface area contributed by atoms with Gasteiger partial charge in [-0.25, -0.2) is 0 Å². The number of benzene rings is 2. The molecule has 2 aromatic carbocycles. The lowest BCUT2D eigenvalue weighted by Gasteiger charge is -2.12. The van der Waals surface area contributed by atoms with E-state index in [1.54, 1.807) is 24.3 Å². The Hall–Kier alpha value is -2.82. The van der Waals surface area contributed by atoms with Gasteiger partial charge in [0.1, 0.15) is 5.75 Å². The summed E-state index contributed by atoms with van der Waals surface area (Å²) in [6.07, 6.45) is 1.96. The minimum atomic E-state index is -0.392. The zero-order valence-corrected chi connectivity index (χ0v) is 12.3. The second-order valence-electron chi connectivity index (χ2n) is 4.59. The van der Waals surface area contributed by atoms with E-state index >= 15 is 0 Å². The molecule has 0 spiro atoms. The van der Waals surface area contributed by atoms with Crippen LogP contribution in [0.1, 0.15) is 13.3 Å². The molecular weight excluding hydrogens is 280 g/mol. The summed E-state index contributed by atoms with van der Waals surface area (Å²) in [5.74, 6) is -0.159. The Labute approximate surface area is 129 Å². The molecule has 2 rings (SSSR count). The van der Waals surface area contributed by atoms with E-state index in [4.69, 9.17) is 4.74 Å². The van der Waals surface area contributed by atoms with Gasteiger partial charge >= 0.3 is 0 Å². The van der Waals surface area contributed by atoms with Crippen molar-refractivity contribution in [2.24, 2.45) is 4.99 Å². The Morgan fingerprint density at radius 2 is 2.05 bits per heavy atom. The quantitative estimate of drug-likeness (QED) is 0.833. The molecule has 0 bridgehead atoms. The molecule has 0 saturated carbocycles. The number of nitrogens with zero attached hydrogens (tertiary/aromatic N) is 1. The number of nitrogens with one attached hydrogen (secondary N) is 1. The van der Waals surface area contributed by atoms with Crippen LogP contribution in [0.4, 0.5) is 11.4 Å². The van der Waals surface area contributed by atoms with Crippen molar-refractivity contribution in [3.8, 4) is 11.5 Å². The van der Waals surface area contributed by atoms with Crippen LogP contribution in [0, 0.1) is 0 Å². The smallest absolute Gasteiger partial charge is 0.266 e. The van der Waals surface area contributed by atoms with Gasteiger partial charge in [0.2, 0.25) is 0 Å². The van der Waals surface area contributed by atoms with Crippen LogP contribution in [0.2, 0.25) is 0 Å². The largest absolute Gasteiger partial charge is 0.871 e. The number of hydrogen-bond acceptors (Lipinski definition) is 4. The lowest BCUT2D eigenvalue weighted by Crippen LogP contribution is -2.12. The van der Waals surface area contributed by atoms with Crippen molar-refractivity contribution in [3.63, 3.8) is 0 Å². The molecule has 0 aliphatic heterocycles. The fourth-order valence-electron chi connectivity index (χ4n) is 1.73. The number of hydrogen-bond donors (Lipinski definition) is 1. The molecule has 0 radical (unpaired) electrons. The Morgan fingerprint density at radius 3 is 2.73 bits per heavy atom. The average Bonchev–Trinajstić information content (AvgIpc) is 2.53. The first-order chi connectivity index (χ1) is 10.7. The van der Waals surface area contributed by atoms with Crippen molar-refractivity contribution >= 4 is 23.5 Å². The molecule has 0 atom stereocenters. The van der Waals surface area contributed by atoms with Gasteiger partial charge in [0.15, 0.2) is 0 Å². The maximum absolute atomic E-state index is 11.8. The number of rotatable bonds is 6. The highest BCUT2D eigenvalue weighted by Crippen LogP contribution is 2.27. The van der Waals surface area contributed by atoms with Crippen molar-refractivity contribution in [3.05, 3.63) is 48.5 Å². The van der Waals surface area contributed by atoms with E-state index < -0.39 is 5.91 Å². The van der Waals surface area contributed by atoms with Crippen molar-refractivity contribution in [2.45, 2.75) is 13.3 Å². The normalized spacial score (nSPS) is 10.6. The first kappa shape index (κ1) is 15.6. The third-order valence-corrected chi connectivity index (χ3v) is 2.77.